The molecule has 0 N–H and O–H groups in total. The van der Waals surface area contributed by atoms with Gasteiger partial charge < -0.3 is 9.80 Å². The highest BCUT2D eigenvalue weighted by Crippen LogP contribution is 2.29. The van der Waals surface area contributed by atoms with Crippen LogP contribution in [0.25, 0.3) is 12.2 Å². The number of Topliss-reactive ketones (excluding diaryl/α,β-unsaturated/α-hetero) is 1. The minimum atomic E-state index is -0.552. The first-order valence-corrected chi connectivity index (χ1v) is 12.8. The number of anilines is 2. The molecule has 1 saturated carbocycles. The van der Waals surface area contributed by atoms with Gasteiger partial charge in [0, 0.05) is 37.6 Å². The number of allylic oxidation sites excluding steroid dienone is 2. The lowest BCUT2D eigenvalue weighted by Crippen LogP contribution is -2.27. The summed E-state index contributed by atoms with van der Waals surface area (Å²) in [7, 11) is 0. The molecular formula is C30H34N2O2. The fourth-order valence-corrected chi connectivity index (χ4v) is 5.41. The fraction of sp³-hybridized carbons (Fsp3) is 0.400. The Morgan fingerprint density at radius 3 is 1.82 bits per heavy atom. The van der Waals surface area contributed by atoms with E-state index in [1.54, 1.807) is 6.08 Å². The van der Waals surface area contributed by atoms with Crippen LogP contribution < -0.4 is 9.80 Å². The predicted octanol–water partition coefficient (Wildman–Crippen LogP) is 5.92. The first-order chi connectivity index (χ1) is 16.7. The molecule has 0 bridgehead atoms. The average molecular weight is 455 g/mol. The molecule has 2 heterocycles. The van der Waals surface area contributed by atoms with Gasteiger partial charge in [-0.1, -0.05) is 30.3 Å². The van der Waals surface area contributed by atoms with Gasteiger partial charge in [0.1, 0.15) is 0 Å². The third-order valence-corrected chi connectivity index (χ3v) is 7.42. The summed E-state index contributed by atoms with van der Waals surface area (Å²) >= 11 is 0. The zero-order chi connectivity index (χ0) is 23.3. The highest BCUT2D eigenvalue weighted by Gasteiger charge is 2.30. The highest BCUT2D eigenvalue weighted by molar-refractivity contribution is 6.16. The summed E-state index contributed by atoms with van der Waals surface area (Å²) < 4.78 is 0. The van der Waals surface area contributed by atoms with Crippen LogP contribution in [0, 0.1) is 5.92 Å². The van der Waals surface area contributed by atoms with Crippen LogP contribution in [-0.4, -0.2) is 37.7 Å². The third kappa shape index (κ3) is 5.16. The van der Waals surface area contributed by atoms with Gasteiger partial charge >= 0.3 is 0 Å². The predicted molar refractivity (Wildman–Crippen MR) is 140 cm³/mol. The van der Waals surface area contributed by atoms with Crippen molar-refractivity contribution in [2.24, 2.45) is 5.92 Å². The van der Waals surface area contributed by atoms with Crippen LogP contribution in [0.4, 0.5) is 11.4 Å². The van der Waals surface area contributed by atoms with Crippen LogP contribution in [0.5, 0.6) is 0 Å². The molecule has 34 heavy (non-hydrogen) atoms. The second-order valence-corrected chi connectivity index (χ2v) is 9.79. The van der Waals surface area contributed by atoms with E-state index < -0.39 is 5.92 Å². The van der Waals surface area contributed by atoms with E-state index in [1.807, 2.05) is 12.2 Å². The Bertz CT molecular complexity index is 1070. The molecular weight excluding hydrogens is 420 g/mol. The van der Waals surface area contributed by atoms with Crippen LogP contribution in [-0.2, 0) is 9.59 Å². The molecule has 2 saturated heterocycles. The largest absolute Gasteiger partial charge is 0.372 e. The van der Waals surface area contributed by atoms with Crippen molar-refractivity contribution in [3.05, 3.63) is 71.3 Å². The molecule has 0 amide bonds. The lowest BCUT2D eigenvalue weighted by Gasteiger charge is -2.21. The maximum Gasteiger partial charge on any atom is 0.169 e. The SMILES string of the molecule is O=C(/C=C/c1ccc(N2CCCC2)cc1)C1CCC/C(=C/c2ccc(N3CCCC3)cc2)C1=O. The van der Waals surface area contributed by atoms with Gasteiger partial charge in [-0.3, -0.25) is 9.59 Å². The lowest BCUT2D eigenvalue weighted by molar-refractivity contribution is -0.129. The Balaban J connectivity index is 1.22. The summed E-state index contributed by atoms with van der Waals surface area (Å²) in [4.78, 5) is 30.8. The van der Waals surface area contributed by atoms with Crippen LogP contribution >= 0.6 is 0 Å². The van der Waals surface area contributed by atoms with Gasteiger partial charge in [0.2, 0.25) is 0 Å². The van der Waals surface area contributed by atoms with Gasteiger partial charge in [0.25, 0.3) is 0 Å². The summed E-state index contributed by atoms with van der Waals surface area (Å²) in [6.45, 7) is 4.49. The van der Waals surface area contributed by atoms with Crippen LogP contribution in [0.15, 0.2) is 60.2 Å². The highest BCUT2D eigenvalue weighted by atomic mass is 16.1. The number of rotatable bonds is 6. The first kappa shape index (κ1) is 22.6. The zero-order valence-corrected chi connectivity index (χ0v) is 19.9. The molecule has 0 aromatic heterocycles. The van der Waals surface area contributed by atoms with E-state index in [4.69, 9.17) is 0 Å². The molecule has 176 valence electrons. The van der Waals surface area contributed by atoms with E-state index in [-0.39, 0.29) is 11.6 Å². The molecule has 2 aromatic carbocycles. The van der Waals surface area contributed by atoms with E-state index in [0.717, 1.165) is 55.7 Å². The van der Waals surface area contributed by atoms with E-state index in [0.29, 0.717) is 6.42 Å². The van der Waals surface area contributed by atoms with E-state index in [2.05, 4.69) is 58.3 Å². The second kappa shape index (κ2) is 10.4. The number of nitrogens with zero attached hydrogens (tertiary/aromatic N) is 2. The molecule has 0 radical (unpaired) electrons. The molecule has 1 unspecified atom stereocenters. The van der Waals surface area contributed by atoms with Crippen molar-refractivity contribution >= 4 is 35.1 Å². The molecule has 3 fully saturated rings. The second-order valence-electron chi connectivity index (χ2n) is 9.79. The van der Waals surface area contributed by atoms with E-state index in [9.17, 15) is 9.59 Å². The van der Waals surface area contributed by atoms with E-state index in [1.165, 1.54) is 37.1 Å². The summed E-state index contributed by atoms with van der Waals surface area (Å²) in [5.74, 6) is -0.638. The minimum Gasteiger partial charge on any atom is -0.372 e. The Labute approximate surface area is 203 Å². The average Bonchev–Trinajstić information content (AvgIpc) is 3.60. The summed E-state index contributed by atoms with van der Waals surface area (Å²) in [6, 6.07) is 16.8. The molecule has 5 rings (SSSR count). The molecule has 3 aliphatic rings. The smallest absolute Gasteiger partial charge is 0.169 e. The van der Waals surface area contributed by atoms with Crippen molar-refractivity contribution in [1.82, 2.24) is 0 Å². The number of benzene rings is 2. The van der Waals surface area contributed by atoms with Gasteiger partial charge in [0.05, 0.1) is 5.92 Å². The summed E-state index contributed by atoms with van der Waals surface area (Å²) in [5.41, 5.74) is 5.30. The Kier molecular flexibility index (Phi) is 6.94. The molecule has 2 aromatic rings. The minimum absolute atomic E-state index is 0.00565. The van der Waals surface area contributed by atoms with Crippen LogP contribution in [0.3, 0.4) is 0 Å². The van der Waals surface area contributed by atoms with Gasteiger partial charge in [-0.2, -0.15) is 0 Å². The Morgan fingerprint density at radius 2 is 1.26 bits per heavy atom. The quantitative estimate of drug-likeness (QED) is 0.401. The van der Waals surface area contributed by atoms with Crippen molar-refractivity contribution < 1.29 is 9.59 Å². The van der Waals surface area contributed by atoms with Crippen molar-refractivity contribution in [3.63, 3.8) is 0 Å². The van der Waals surface area contributed by atoms with Crippen molar-refractivity contribution in [2.75, 3.05) is 36.0 Å². The monoisotopic (exact) mass is 454 g/mol. The number of hydrogen-bond acceptors (Lipinski definition) is 4. The van der Waals surface area contributed by atoms with Gasteiger partial charge in [-0.25, -0.2) is 0 Å². The molecule has 4 nitrogen and oxygen atoms in total. The standard InChI is InChI=1S/C30H34N2O2/c33-29(17-12-23-8-13-26(14-9-23)31-18-1-2-19-31)28-7-5-6-25(30(28)34)22-24-10-15-27(16-11-24)32-20-3-4-21-32/h8-17,22,28H,1-7,18-21H2/b17-12+,25-22-. The van der Waals surface area contributed by atoms with Crippen molar-refractivity contribution in [1.29, 1.82) is 0 Å². The molecule has 2 aliphatic heterocycles. The topological polar surface area (TPSA) is 40.6 Å². The molecule has 0 spiro atoms. The molecule has 1 aliphatic carbocycles. The van der Waals surface area contributed by atoms with Gasteiger partial charge in [-0.15, -0.1) is 0 Å². The first-order valence-electron chi connectivity index (χ1n) is 12.8. The number of ketones is 2. The van der Waals surface area contributed by atoms with Crippen molar-refractivity contribution in [3.8, 4) is 0 Å². The summed E-state index contributed by atoms with van der Waals surface area (Å²) in [5, 5.41) is 0. The maximum atomic E-state index is 13.1. The van der Waals surface area contributed by atoms with Gasteiger partial charge in [0.15, 0.2) is 11.6 Å². The maximum absolute atomic E-state index is 13.1. The molecule has 1 atom stereocenters. The van der Waals surface area contributed by atoms with Crippen LogP contribution in [0.1, 0.15) is 56.1 Å². The lowest BCUT2D eigenvalue weighted by atomic mass is 9.81. The number of carbonyl (C=O) groups is 2. The number of carbonyl (C=O) groups excluding carboxylic acids is 2. The summed E-state index contributed by atoms with van der Waals surface area (Å²) in [6.07, 6.45) is 12.7. The zero-order valence-electron chi connectivity index (χ0n) is 19.9. The molecule has 4 heteroatoms. The Hall–Kier alpha value is -3.14. The van der Waals surface area contributed by atoms with Gasteiger partial charge in [-0.05, 0) is 98.1 Å². The van der Waals surface area contributed by atoms with E-state index >= 15 is 0 Å². The fourth-order valence-electron chi connectivity index (χ4n) is 5.41. The number of hydrogen-bond donors (Lipinski definition) is 0. The Morgan fingerprint density at radius 1 is 0.735 bits per heavy atom. The van der Waals surface area contributed by atoms with Crippen LogP contribution in [0.2, 0.25) is 0 Å². The normalized spacial score (nSPS) is 22.3. The van der Waals surface area contributed by atoms with Crippen molar-refractivity contribution in [2.45, 2.75) is 44.9 Å². The third-order valence-electron chi connectivity index (χ3n) is 7.42.